The molecule has 5 heteroatoms. The summed E-state index contributed by atoms with van der Waals surface area (Å²) < 4.78 is 5.43. The van der Waals surface area contributed by atoms with E-state index in [1.807, 2.05) is 26.0 Å². The van der Waals surface area contributed by atoms with E-state index in [0.717, 1.165) is 11.1 Å². The second kappa shape index (κ2) is 7.03. The maximum atomic E-state index is 12.7. The molecule has 5 nitrogen and oxygen atoms in total. The second-order valence-electron chi connectivity index (χ2n) is 7.28. The third kappa shape index (κ3) is 4.22. The van der Waals surface area contributed by atoms with Gasteiger partial charge in [-0.3, -0.25) is 14.9 Å². The van der Waals surface area contributed by atoms with Crippen molar-refractivity contribution in [1.29, 1.82) is 0 Å². The van der Waals surface area contributed by atoms with Gasteiger partial charge in [-0.1, -0.05) is 6.07 Å². The van der Waals surface area contributed by atoms with Crippen molar-refractivity contribution in [2.75, 3.05) is 13.7 Å². The number of carbonyl (C=O) groups excluding carboxylic acids is 2. The lowest BCUT2D eigenvalue weighted by Crippen LogP contribution is -2.44. The number of aryl methyl sites for hydroxylation is 2. The first kappa shape index (κ1) is 18.6. The van der Waals surface area contributed by atoms with Crippen LogP contribution in [0.5, 0.6) is 5.75 Å². The number of aliphatic hydroxyl groups is 1. The van der Waals surface area contributed by atoms with Crippen LogP contribution in [-0.2, 0) is 9.59 Å². The van der Waals surface area contributed by atoms with Crippen LogP contribution in [-0.4, -0.2) is 36.1 Å². The zero-order chi connectivity index (χ0) is 18.1. The molecule has 1 fully saturated rings. The third-order valence-electron chi connectivity index (χ3n) is 4.45. The molecule has 1 aromatic carbocycles. The van der Waals surface area contributed by atoms with Gasteiger partial charge >= 0.3 is 0 Å². The van der Waals surface area contributed by atoms with Gasteiger partial charge < -0.3 is 9.84 Å². The highest BCUT2D eigenvalue weighted by molar-refractivity contribution is 6.10. The number of rotatable bonds is 5. The summed E-state index contributed by atoms with van der Waals surface area (Å²) in [5.74, 6) is -0.353. The summed E-state index contributed by atoms with van der Waals surface area (Å²) in [6.45, 7) is 7.60. The van der Waals surface area contributed by atoms with E-state index in [-0.39, 0.29) is 17.5 Å². The molecule has 2 rings (SSSR count). The number of hydrogen-bond acceptors (Lipinski definition) is 5. The largest absolute Gasteiger partial charge is 0.496 e. The van der Waals surface area contributed by atoms with Crippen LogP contribution in [0.4, 0.5) is 0 Å². The van der Waals surface area contributed by atoms with Crippen LogP contribution < -0.4 is 10.1 Å². The molecular weight excluding hydrogens is 306 g/mol. The molecule has 0 saturated heterocycles. The Morgan fingerprint density at radius 2 is 1.79 bits per heavy atom. The highest BCUT2D eigenvalue weighted by Gasteiger charge is 2.39. The first-order valence-corrected chi connectivity index (χ1v) is 8.30. The fourth-order valence-corrected chi connectivity index (χ4v) is 3.40. The lowest BCUT2D eigenvalue weighted by Gasteiger charge is -2.30. The van der Waals surface area contributed by atoms with Gasteiger partial charge in [-0.15, -0.1) is 0 Å². The molecule has 0 amide bonds. The first-order valence-electron chi connectivity index (χ1n) is 8.30. The maximum absolute atomic E-state index is 12.7. The SMILES string of the molecule is COc1cc(C)cc(C)c1C1C(=O)CC(CNC(C)(C)O)CC1=O. The third-order valence-corrected chi connectivity index (χ3v) is 4.45. The number of ketones is 2. The highest BCUT2D eigenvalue weighted by Crippen LogP contribution is 2.37. The zero-order valence-corrected chi connectivity index (χ0v) is 15.1. The van der Waals surface area contributed by atoms with Crippen molar-refractivity contribution in [1.82, 2.24) is 5.32 Å². The average Bonchev–Trinajstić information content (AvgIpc) is 2.45. The molecule has 1 aromatic rings. The van der Waals surface area contributed by atoms with E-state index >= 15 is 0 Å². The lowest BCUT2D eigenvalue weighted by molar-refractivity contribution is -0.133. The van der Waals surface area contributed by atoms with E-state index in [1.165, 1.54) is 0 Å². The van der Waals surface area contributed by atoms with E-state index in [0.29, 0.717) is 30.7 Å². The minimum Gasteiger partial charge on any atom is -0.496 e. The Labute approximate surface area is 143 Å². The molecule has 0 spiro atoms. The van der Waals surface area contributed by atoms with Crippen molar-refractivity contribution in [3.63, 3.8) is 0 Å². The molecule has 0 heterocycles. The summed E-state index contributed by atoms with van der Waals surface area (Å²) in [5, 5.41) is 12.7. The van der Waals surface area contributed by atoms with E-state index in [9.17, 15) is 14.7 Å². The maximum Gasteiger partial charge on any atom is 0.148 e. The summed E-state index contributed by atoms with van der Waals surface area (Å²) in [4.78, 5) is 25.4. The van der Waals surface area contributed by atoms with Crippen LogP contribution in [0, 0.1) is 19.8 Å². The first-order chi connectivity index (χ1) is 11.1. The molecule has 0 radical (unpaired) electrons. The second-order valence-corrected chi connectivity index (χ2v) is 7.28. The van der Waals surface area contributed by atoms with Gasteiger partial charge in [-0.05, 0) is 50.8 Å². The van der Waals surface area contributed by atoms with Gasteiger partial charge in [0.2, 0.25) is 0 Å². The van der Waals surface area contributed by atoms with Crippen molar-refractivity contribution in [3.05, 3.63) is 28.8 Å². The summed E-state index contributed by atoms with van der Waals surface area (Å²) >= 11 is 0. The van der Waals surface area contributed by atoms with Gasteiger partial charge in [0.25, 0.3) is 0 Å². The Kier molecular flexibility index (Phi) is 5.45. The zero-order valence-electron chi connectivity index (χ0n) is 15.1. The predicted molar refractivity (Wildman–Crippen MR) is 92.2 cm³/mol. The van der Waals surface area contributed by atoms with E-state index < -0.39 is 11.6 Å². The Bertz CT molecular complexity index is 628. The van der Waals surface area contributed by atoms with Crippen LogP contribution >= 0.6 is 0 Å². The monoisotopic (exact) mass is 333 g/mol. The molecule has 132 valence electrons. The smallest absolute Gasteiger partial charge is 0.148 e. The number of hydrogen-bond donors (Lipinski definition) is 2. The molecule has 0 unspecified atom stereocenters. The minimum absolute atomic E-state index is 0.0703. The summed E-state index contributed by atoms with van der Waals surface area (Å²) in [5.41, 5.74) is 1.63. The van der Waals surface area contributed by atoms with Gasteiger partial charge in [0.05, 0.1) is 7.11 Å². The molecule has 1 aliphatic carbocycles. The number of benzene rings is 1. The fourth-order valence-electron chi connectivity index (χ4n) is 3.40. The molecular formula is C19H27NO4. The van der Waals surface area contributed by atoms with Crippen LogP contribution in [0.25, 0.3) is 0 Å². The molecule has 24 heavy (non-hydrogen) atoms. The topological polar surface area (TPSA) is 75.6 Å². The van der Waals surface area contributed by atoms with E-state index in [1.54, 1.807) is 21.0 Å². The minimum atomic E-state index is -1.01. The number of carbonyl (C=O) groups is 2. The average molecular weight is 333 g/mol. The normalized spacial score (nSPS) is 21.9. The Morgan fingerprint density at radius 1 is 1.21 bits per heavy atom. The van der Waals surface area contributed by atoms with Crippen LogP contribution in [0.3, 0.4) is 0 Å². The number of nitrogens with one attached hydrogen (secondary N) is 1. The summed E-state index contributed by atoms with van der Waals surface area (Å²) in [6, 6.07) is 3.84. The molecule has 0 aliphatic heterocycles. The standard InChI is InChI=1S/C19H27NO4/c1-11-6-12(2)17(16(7-11)24-5)18-14(21)8-13(9-15(18)22)10-20-19(3,4)23/h6-7,13,18,20,23H,8-10H2,1-5H3. The molecule has 2 N–H and O–H groups in total. The lowest BCUT2D eigenvalue weighted by atomic mass is 9.75. The summed E-state index contributed by atoms with van der Waals surface area (Å²) in [6.07, 6.45) is 0.659. The van der Waals surface area contributed by atoms with Gasteiger partial charge in [0, 0.05) is 24.9 Å². The predicted octanol–water partition coefficient (Wildman–Crippen LogP) is 2.26. The number of methoxy groups -OCH3 is 1. The number of ether oxygens (including phenoxy) is 1. The van der Waals surface area contributed by atoms with Gasteiger partial charge in [0.15, 0.2) is 0 Å². The van der Waals surface area contributed by atoms with Gasteiger partial charge in [-0.2, -0.15) is 0 Å². The van der Waals surface area contributed by atoms with E-state index in [2.05, 4.69) is 5.32 Å². The van der Waals surface area contributed by atoms with Crippen molar-refractivity contribution in [2.24, 2.45) is 5.92 Å². The van der Waals surface area contributed by atoms with Crippen molar-refractivity contribution in [2.45, 2.75) is 52.2 Å². The fraction of sp³-hybridized carbons (Fsp3) is 0.579. The van der Waals surface area contributed by atoms with Crippen LogP contribution in [0.2, 0.25) is 0 Å². The van der Waals surface area contributed by atoms with Crippen molar-refractivity contribution >= 4 is 11.6 Å². The van der Waals surface area contributed by atoms with Crippen molar-refractivity contribution in [3.8, 4) is 5.75 Å². The molecule has 0 bridgehead atoms. The quantitative estimate of drug-likeness (QED) is 0.638. The van der Waals surface area contributed by atoms with Gasteiger partial charge in [-0.25, -0.2) is 0 Å². The van der Waals surface area contributed by atoms with Gasteiger partial charge in [0.1, 0.15) is 29.0 Å². The van der Waals surface area contributed by atoms with Crippen LogP contribution in [0.15, 0.2) is 12.1 Å². The van der Waals surface area contributed by atoms with E-state index in [4.69, 9.17) is 4.74 Å². The number of Topliss-reactive ketones (excluding diaryl/α,β-unsaturated/α-hetero) is 2. The summed E-state index contributed by atoms with van der Waals surface area (Å²) in [7, 11) is 1.56. The highest BCUT2D eigenvalue weighted by atomic mass is 16.5. The molecule has 0 atom stereocenters. The Hall–Kier alpha value is -1.72. The molecule has 0 aromatic heterocycles. The molecule has 1 aliphatic rings. The van der Waals surface area contributed by atoms with Crippen molar-refractivity contribution < 1.29 is 19.4 Å². The van der Waals surface area contributed by atoms with Crippen LogP contribution in [0.1, 0.15) is 49.3 Å². The Balaban J connectivity index is 2.23. The Morgan fingerprint density at radius 3 is 2.29 bits per heavy atom. The molecule has 1 saturated carbocycles.